The normalized spacial score (nSPS) is 29.9. The molecule has 4 amide bonds. The fraction of sp³-hybridized carbons (Fsp3) is 0.333. The van der Waals surface area contributed by atoms with Crippen LogP contribution in [0.5, 0.6) is 0 Å². The predicted octanol–water partition coefficient (Wildman–Crippen LogP) is 1.40. The summed E-state index contributed by atoms with van der Waals surface area (Å²) in [6.07, 6.45) is 3.18. The molecule has 10 heteroatoms. The highest BCUT2D eigenvalue weighted by Gasteiger charge is 2.70. The van der Waals surface area contributed by atoms with E-state index in [1.54, 1.807) is 72.8 Å². The van der Waals surface area contributed by atoms with Crippen molar-refractivity contribution in [1.82, 2.24) is 9.80 Å². The maximum atomic E-state index is 13.7. The number of rotatable bonds is 8. The van der Waals surface area contributed by atoms with Crippen molar-refractivity contribution in [3.05, 3.63) is 83.9 Å². The second-order valence-electron chi connectivity index (χ2n) is 10.8. The molecule has 2 aromatic carbocycles. The maximum absolute atomic E-state index is 13.7. The quantitative estimate of drug-likeness (QED) is 0.376. The van der Waals surface area contributed by atoms with E-state index in [0.29, 0.717) is 11.1 Å². The molecule has 2 heterocycles. The topological polar surface area (TPSA) is 149 Å². The Kier molecular flexibility index (Phi) is 6.13. The molecular formula is C30H26N2O8. The van der Waals surface area contributed by atoms with Crippen LogP contribution in [0, 0.1) is 35.5 Å². The molecule has 0 radical (unpaired) electrons. The predicted molar refractivity (Wildman–Crippen MR) is 137 cm³/mol. The van der Waals surface area contributed by atoms with Gasteiger partial charge in [0.15, 0.2) is 0 Å². The molecule has 0 spiro atoms. The molecule has 2 bridgehead atoms. The lowest BCUT2D eigenvalue weighted by atomic mass is 9.54. The number of likely N-dealkylation sites (tertiary alicyclic amines) is 2. The van der Waals surface area contributed by atoms with Gasteiger partial charge in [-0.3, -0.25) is 29.0 Å². The highest BCUT2D eigenvalue weighted by atomic mass is 16.4. The minimum Gasteiger partial charge on any atom is -0.480 e. The average molecular weight is 543 g/mol. The van der Waals surface area contributed by atoms with Gasteiger partial charge < -0.3 is 10.2 Å². The van der Waals surface area contributed by atoms with Crippen LogP contribution in [0.1, 0.15) is 11.1 Å². The number of hydrogen-bond acceptors (Lipinski definition) is 6. The van der Waals surface area contributed by atoms with Crippen molar-refractivity contribution < 1.29 is 39.0 Å². The number of hydrogen-bond donors (Lipinski definition) is 2. The minimum absolute atomic E-state index is 0.0753. The number of imide groups is 2. The Morgan fingerprint density at radius 3 is 1.15 bits per heavy atom. The number of allylic oxidation sites excluding steroid dienone is 2. The second-order valence-corrected chi connectivity index (χ2v) is 10.8. The van der Waals surface area contributed by atoms with Crippen LogP contribution < -0.4 is 0 Å². The van der Waals surface area contributed by atoms with E-state index in [0.717, 1.165) is 9.80 Å². The summed E-state index contributed by atoms with van der Waals surface area (Å²) < 4.78 is 0. The standard InChI is InChI=1S/C30H26N2O8/c33-25-21-17-11-12-18(22(21)26(34)31(25)19(29(37)38)13-15-7-3-1-4-8-15)24-23(17)27(35)32(28(24)36)20(30(39)40)14-16-9-5-2-6-10-16/h1-12,17-24H,13-14H2,(H,37,38)(H,39,40). The molecule has 2 aromatic rings. The summed E-state index contributed by atoms with van der Waals surface area (Å²) in [6.45, 7) is 0. The molecule has 1 saturated carbocycles. The molecule has 3 aliphatic carbocycles. The third-order valence-electron chi connectivity index (χ3n) is 8.82. The van der Waals surface area contributed by atoms with Crippen LogP contribution in [-0.4, -0.2) is 67.7 Å². The van der Waals surface area contributed by atoms with E-state index in [-0.39, 0.29) is 12.8 Å². The Hall–Kier alpha value is -4.60. The molecule has 2 saturated heterocycles. The average Bonchev–Trinajstić information content (AvgIpc) is 3.38. The Bertz CT molecular complexity index is 1300. The number of carboxylic acid groups (broad SMARTS) is 2. The van der Waals surface area contributed by atoms with E-state index < -0.39 is 83.2 Å². The molecule has 2 N–H and O–H groups in total. The summed E-state index contributed by atoms with van der Waals surface area (Å²) in [5.41, 5.74) is 1.28. The van der Waals surface area contributed by atoms with Gasteiger partial charge in [-0.2, -0.15) is 0 Å². The van der Waals surface area contributed by atoms with E-state index in [2.05, 4.69) is 0 Å². The first kappa shape index (κ1) is 25.7. The third kappa shape index (κ3) is 3.77. The van der Waals surface area contributed by atoms with Crippen molar-refractivity contribution in [1.29, 1.82) is 0 Å². The molecule has 10 nitrogen and oxygen atoms in total. The zero-order valence-electron chi connectivity index (χ0n) is 21.2. The highest BCUT2D eigenvalue weighted by Crippen LogP contribution is 2.58. The van der Waals surface area contributed by atoms with Crippen LogP contribution in [0.4, 0.5) is 0 Å². The van der Waals surface area contributed by atoms with Crippen LogP contribution in [-0.2, 0) is 41.6 Å². The molecule has 3 fully saturated rings. The van der Waals surface area contributed by atoms with E-state index in [9.17, 15) is 39.0 Å². The lowest BCUT2D eigenvalue weighted by Crippen LogP contribution is -2.50. The smallest absolute Gasteiger partial charge is 0.327 e. The highest BCUT2D eigenvalue weighted by molar-refractivity contribution is 6.13. The third-order valence-corrected chi connectivity index (χ3v) is 8.82. The second kappa shape index (κ2) is 9.55. The van der Waals surface area contributed by atoms with Crippen LogP contribution in [0.3, 0.4) is 0 Å². The number of aliphatic carboxylic acids is 2. The summed E-state index contributed by atoms with van der Waals surface area (Å²) in [6, 6.07) is 14.5. The molecule has 2 aliphatic heterocycles. The van der Waals surface area contributed by atoms with Gasteiger partial charge in [0, 0.05) is 24.7 Å². The van der Waals surface area contributed by atoms with Crippen LogP contribution in [0.2, 0.25) is 0 Å². The molecule has 5 aliphatic rings. The van der Waals surface area contributed by atoms with Gasteiger partial charge in [0.05, 0.1) is 23.7 Å². The molecule has 204 valence electrons. The molecule has 6 atom stereocenters. The van der Waals surface area contributed by atoms with E-state index >= 15 is 0 Å². The number of nitrogens with zero attached hydrogens (tertiary/aromatic N) is 2. The van der Waals surface area contributed by atoms with Crippen molar-refractivity contribution >= 4 is 35.6 Å². The number of carbonyl (C=O) groups excluding carboxylic acids is 4. The van der Waals surface area contributed by atoms with E-state index in [1.807, 2.05) is 0 Å². The summed E-state index contributed by atoms with van der Waals surface area (Å²) in [5.74, 6) is -10.9. The first-order chi connectivity index (χ1) is 19.2. The number of amides is 4. The molecule has 40 heavy (non-hydrogen) atoms. The van der Waals surface area contributed by atoms with E-state index in [4.69, 9.17) is 0 Å². The van der Waals surface area contributed by atoms with Gasteiger partial charge in [-0.25, -0.2) is 9.59 Å². The largest absolute Gasteiger partial charge is 0.480 e. The van der Waals surface area contributed by atoms with Crippen LogP contribution >= 0.6 is 0 Å². The van der Waals surface area contributed by atoms with Crippen LogP contribution in [0.15, 0.2) is 72.8 Å². The minimum atomic E-state index is -1.43. The fourth-order valence-corrected chi connectivity index (χ4v) is 7.14. The van der Waals surface area contributed by atoms with Gasteiger partial charge in [0.2, 0.25) is 23.6 Å². The fourth-order valence-electron chi connectivity index (χ4n) is 7.14. The molecule has 6 unspecified atom stereocenters. The molecule has 0 aromatic heterocycles. The SMILES string of the molecule is O=C(O)C(Cc1ccccc1)N1C(=O)C2C3C=CC(C2C1=O)C1C(=O)N(C(Cc2ccccc2)C(=O)O)C(=O)C31. The first-order valence-corrected chi connectivity index (χ1v) is 13.2. The number of carboxylic acids is 2. The lowest BCUT2D eigenvalue weighted by Gasteiger charge is -2.44. The van der Waals surface area contributed by atoms with Crippen molar-refractivity contribution in [3.63, 3.8) is 0 Å². The Morgan fingerprint density at radius 2 is 0.875 bits per heavy atom. The Balaban J connectivity index is 1.32. The van der Waals surface area contributed by atoms with Crippen molar-refractivity contribution in [2.75, 3.05) is 0 Å². The Labute approximate surface area is 228 Å². The van der Waals surface area contributed by atoms with Gasteiger partial charge in [0.25, 0.3) is 0 Å². The summed E-state index contributed by atoms with van der Waals surface area (Å²) in [4.78, 5) is 81.0. The molecule has 7 rings (SSSR count). The van der Waals surface area contributed by atoms with Gasteiger partial charge in [-0.15, -0.1) is 0 Å². The van der Waals surface area contributed by atoms with E-state index in [1.165, 1.54) is 0 Å². The van der Waals surface area contributed by atoms with Gasteiger partial charge >= 0.3 is 11.9 Å². The van der Waals surface area contributed by atoms with Crippen molar-refractivity contribution in [2.24, 2.45) is 35.5 Å². The first-order valence-electron chi connectivity index (χ1n) is 13.2. The van der Waals surface area contributed by atoms with Gasteiger partial charge in [0.1, 0.15) is 12.1 Å². The van der Waals surface area contributed by atoms with Gasteiger partial charge in [-0.05, 0) is 11.1 Å². The summed E-state index contributed by atoms with van der Waals surface area (Å²) in [5, 5.41) is 20.0. The zero-order valence-corrected chi connectivity index (χ0v) is 21.2. The molecular weight excluding hydrogens is 516 g/mol. The number of carbonyl (C=O) groups is 6. The lowest BCUT2D eigenvalue weighted by molar-refractivity contribution is -0.156. The summed E-state index contributed by atoms with van der Waals surface area (Å²) in [7, 11) is 0. The summed E-state index contributed by atoms with van der Waals surface area (Å²) >= 11 is 0. The van der Waals surface area contributed by atoms with Crippen molar-refractivity contribution in [2.45, 2.75) is 24.9 Å². The Morgan fingerprint density at radius 1 is 0.575 bits per heavy atom. The van der Waals surface area contributed by atoms with Crippen LogP contribution in [0.25, 0.3) is 0 Å². The van der Waals surface area contributed by atoms with Crippen molar-refractivity contribution in [3.8, 4) is 0 Å². The van der Waals surface area contributed by atoms with Gasteiger partial charge in [-0.1, -0.05) is 72.8 Å². The monoisotopic (exact) mass is 542 g/mol. The number of benzene rings is 2. The maximum Gasteiger partial charge on any atom is 0.327 e. The zero-order chi connectivity index (χ0) is 28.3.